The highest BCUT2D eigenvalue weighted by molar-refractivity contribution is 7.00. The lowest BCUT2D eigenvalue weighted by atomic mass is 9.33. The van der Waals surface area contributed by atoms with Crippen LogP contribution in [0.3, 0.4) is 0 Å². The van der Waals surface area contributed by atoms with E-state index in [4.69, 9.17) is 9.97 Å². The fraction of sp³-hybridized carbons (Fsp3) is 0.207. The summed E-state index contributed by atoms with van der Waals surface area (Å²) in [4.78, 5) is 14.9. The number of hydrogen-bond acceptors (Lipinski definition) is 4. The van der Waals surface area contributed by atoms with Crippen molar-refractivity contribution in [1.82, 2.24) is 9.97 Å². The highest BCUT2D eigenvalue weighted by Gasteiger charge is 2.44. The van der Waals surface area contributed by atoms with E-state index in [0.29, 0.717) is 11.8 Å². The lowest BCUT2D eigenvalue weighted by Gasteiger charge is -2.45. The van der Waals surface area contributed by atoms with Crippen LogP contribution in [0, 0.1) is 0 Å². The highest BCUT2D eigenvalue weighted by atomic mass is 15.2. The summed E-state index contributed by atoms with van der Waals surface area (Å²) in [5.74, 6) is 1.90. The zero-order valence-corrected chi connectivity index (χ0v) is 35.8. The number of aromatic nitrogens is 2. The molecule has 8 aromatic rings. The zero-order valence-electron chi connectivity index (χ0n) is 35.8. The molecule has 0 unspecified atom stereocenters. The van der Waals surface area contributed by atoms with Crippen LogP contribution in [0.5, 0.6) is 0 Å². The second-order valence-electron chi connectivity index (χ2n) is 18.2. The first-order chi connectivity index (χ1) is 31.2. The molecular weight excluding hydrogens is 763 g/mol. The van der Waals surface area contributed by atoms with Gasteiger partial charge in [0.2, 0.25) is 0 Å². The third-order valence-electron chi connectivity index (χ3n) is 14.6. The van der Waals surface area contributed by atoms with E-state index >= 15 is 0 Å². The summed E-state index contributed by atoms with van der Waals surface area (Å²) >= 11 is 0. The second-order valence-corrected chi connectivity index (χ2v) is 18.2. The minimum atomic E-state index is 0.0474. The van der Waals surface area contributed by atoms with Crippen LogP contribution in [-0.4, -0.2) is 16.7 Å². The van der Waals surface area contributed by atoms with Crippen molar-refractivity contribution in [2.24, 2.45) is 0 Å². The Morgan fingerprint density at radius 3 is 1.25 bits per heavy atom. The fourth-order valence-corrected chi connectivity index (χ4v) is 11.4. The van der Waals surface area contributed by atoms with E-state index in [1.807, 2.05) is 18.5 Å². The zero-order chi connectivity index (χ0) is 41.7. The molecule has 0 atom stereocenters. The molecule has 2 aliphatic carbocycles. The maximum Gasteiger partial charge on any atom is 0.252 e. The minimum Gasteiger partial charge on any atom is -0.311 e. The van der Waals surface area contributed by atoms with Crippen LogP contribution < -0.4 is 26.2 Å². The molecule has 0 N–H and O–H groups in total. The summed E-state index contributed by atoms with van der Waals surface area (Å²) in [6.45, 7) is 0.0474. The summed E-state index contributed by atoms with van der Waals surface area (Å²) in [6.07, 6.45) is 16.7. The van der Waals surface area contributed by atoms with Crippen molar-refractivity contribution in [3.05, 3.63) is 187 Å². The summed E-state index contributed by atoms with van der Waals surface area (Å²) in [5, 5.41) is 0. The number of anilines is 6. The van der Waals surface area contributed by atoms with Gasteiger partial charge in [-0.05, 0) is 142 Å². The van der Waals surface area contributed by atoms with Crippen molar-refractivity contribution in [2.75, 3.05) is 9.80 Å². The summed E-state index contributed by atoms with van der Waals surface area (Å²) in [6, 6.07) is 61.7. The molecule has 2 fully saturated rings. The normalized spacial score (nSPS) is 16.0. The Kier molecular flexibility index (Phi) is 9.77. The molecule has 0 radical (unpaired) electrons. The molecule has 7 aromatic carbocycles. The fourth-order valence-electron chi connectivity index (χ4n) is 11.4. The van der Waals surface area contributed by atoms with Crippen LogP contribution in [0.1, 0.15) is 87.2 Å². The molecule has 12 rings (SSSR count). The van der Waals surface area contributed by atoms with Gasteiger partial charge < -0.3 is 9.80 Å². The van der Waals surface area contributed by atoms with Crippen molar-refractivity contribution < 1.29 is 0 Å². The van der Waals surface area contributed by atoms with E-state index in [1.54, 1.807) is 0 Å². The Morgan fingerprint density at radius 2 is 0.810 bits per heavy atom. The first-order valence-electron chi connectivity index (χ1n) is 23.4. The van der Waals surface area contributed by atoms with Crippen LogP contribution in [0.15, 0.2) is 176 Å². The van der Waals surface area contributed by atoms with Gasteiger partial charge >= 0.3 is 0 Å². The van der Waals surface area contributed by atoms with Crippen molar-refractivity contribution in [2.45, 2.75) is 76.0 Å². The van der Waals surface area contributed by atoms with Gasteiger partial charge in [0.05, 0.1) is 0 Å². The maximum absolute atomic E-state index is 4.89. The molecule has 3 heterocycles. The molecule has 0 bridgehead atoms. The van der Waals surface area contributed by atoms with Gasteiger partial charge in [0, 0.05) is 52.1 Å². The van der Waals surface area contributed by atoms with Crippen molar-refractivity contribution in [3.63, 3.8) is 0 Å². The van der Waals surface area contributed by atoms with E-state index in [-0.39, 0.29) is 6.71 Å². The summed E-state index contributed by atoms with van der Waals surface area (Å²) in [7, 11) is 0. The number of hydrogen-bond donors (Lipinski definition) is 0. The number of nitrogens with zero attached hydrogens (tertiary/aromatic N) is 4. The van der Waals surface area contributed by atoms with Crippen LogP contribution in [-0.2, 0) is 0 Å². The van der Waals surface area contributed by atoms with Gasteiger partial charge in [-0.15, -0.1) is 0 Å². The maximum atomic E-state index is 4.89. The van der Waals surface area contributed by atoms with Gasteiger partial charge in [-0.1, -0.05) is 148 Å². The Morgan fingerprint density at radius 1 is 0.381 bits per heavy atom. The molecule has 0 amide bonds. The van der Waals surface area contributed by atoms with E-state index in [0.717, 1.165) is 22.8 Å². The monoisotopic (exact) mass is 814 g/mol. The van der Waals surface area contributed by atoms with Crippen molar-refractivity contribution in [3.8, 4) is 33.6 Å². The molecule has 4 aliphatic rings. The van der Waals surface area contributed by atoms with Gasteiger partial charge in [0.1, 0.15) is 0 Å². The standard InChI is InChI=1S/C58H51BN4/c1-5-14-40(15-6-1)44-22-28-49(29-23-44)62-53-36-46(42-18-9-3-10-19-42)26-32-51(53)59-52-33-27-47(43-20-11-4-12-21-43)37-54(52)63(50-30-24-45(25-31-50)41-16-7-2-8-17-41)56-39-48(38-55(62)57(56)59)58-60-34-13-35-61-58/h1-2,5-8,13-17,22-39,42-43H,3-4,9-12,18-21H2. The average molecular weight is 815 g/mol. The van der Waals surface area contributed by atoms with Gasteiger partial charge in [-0.3, -0.25) is 0 Å². The second kappa shape index (κ2) is 16.2. The van der Waals surface area contributed by atoms with Crippen LogP contribution in [0.2, 0.25) is 0 Å². The molecule has 2 saturated carbocycles. The lowest BCUT2D eigenvalue weighted by Crippen LogP contribution is -2.61. The van der Waals surface area contributed by atoms with E-state index < -0.39 is 0 Å². The van der Waals surface area contributed by atoms with E-state index in [9.17, 15) is 0 Å². The van der Waals surface area contributed by atoms with E-state index in [1.165, 1.54) is 137 Å². The minimum absolute atomic E-state index is 0.0474. The van der Waals surface area contributed by atoms with Gasteiger partial charge in [-0.2, -0.15) is 0 Å². The molecule has 1 aromatic heterocycles. The largest absolute Gasteiger partial charge is 0.311 e. The molecule has 63 heavy (non-hydrogen) atoms. The molecule has 0 spiro atoms. The molecular formula is C58H51BN4. The SMILES string of the molecule is c1ccc(-c2ccc(N3c4cc(C5CCCCC5)ccc4B4c5ccc(C6CCCCC6)cc5N(c5ccc(-c6ccccc6)cc5)c5cc(-c6ncccn6)cc3c54)cc2)cc1. The third-order valence-corrected chi connectivity index (χ3v) is 14.6. The topological polar surface area (TPSA) is 32.3 Å². The molecule has 0 saturated heterocycles. The van der Waals surface area contributed by atoms with Crippen LogP contribution in [0.25, 0.3) is 33.6 Å². The predicted octanol–water partition coefficient (Wildman–Crippen LogP) is 13.7. The Hall–Kier alpha value is -6.72. The number of benzene rings is 7. The lowest BCUT2D eigenvalue weighted by molar-refractivity contribution is 0.444. The molecule has 5 heteroatoms. The summed E-state index contributed by atoms with van der Waals surface area (Å²) in [5.41, 5.74) is 20.1. The highest BCUT2D eigenvalue weighted by Crippen LogP contribution is 2.48. The van der Waals surface area contributed by atoms with Gasteiger partial charge in [0.25, 0.3) is 6.71 Å². The Bertz CT molecular complexity index is 2730. The Balaban J connectivity index is 1.12. The molecule has 2 aliphatic heterocycles. The molecule has 306 valence electrons. The number of fused-ring (bicyclic) bond motifs is 4. The van der Waals surface area contributed by atoms with Gasteiger partial charge in [-0.25, -0.2) is 9.97 Å². The first kappa shape index (κ1) is 38.0. The Labute approximate surface area is 372 Å². The van der Waals surface area contributed by atoms with E-state index in [2.05, 4.69) is 168 Å². The third kappa shape index (κ3) is 6.86. The molecule has 4 nitrogen and oxygen atoms in total. The number of rotatable bonds is 7. The van der Waals surface area contributed by atoms with Crippen LogP contribution in [0.4, 0.5) is 34.1 Å². The summed E-state index contributed by atoms with van der Waals surface area (Å²) < 4.78 is 0. The van der Waals surface area contributed by atoms with Crippen molar-refractivity contribution in [1.29, 1.82) is 0 Å². The van der Waals surface area contributed by atoms with Crippen LogP contribution >= 0.6 is 0 Å². The predicted molar refractivity (Wildman–Crippen MR) is 264 cm³/mol. The quantitative estimate of drug-likeness (QED) is 0.150. The van der Waals surface area contributed by atoms with Crippen molar-refractivity contribution >= 4 is 57.2 Å². The first-order valence-corrected chi connectivity index (χ1v) is 23.4. The smallest absolute Gasteiger partial charge is 0.252 e. The van der Waals surface area contributed by atoms with Gasteiger partial charge in [0.15, 0.2) is 5.82 Å². The average Bonchev–Trinajstić information content (AvgIpc) is 3.37.